The lowest BCUT2D eigenvalue weighted by atomic mass is 10.1. The lowest BCUT2D eigenvalue weighted by Gasteiger charge is -2.22. The van der Waals surface area contributed by atoms with Crippen LogP contribution >= 0.6 is 7.14 Å². The van der Waals surface area contributed by atoms with Crippen molar-refractivity contribution >= 4 is 45.6 Å². The molecule has 1 N–H and O–H groups in total. The molecule has 5 nitrogen and oxygen atoms in total. The van der Waals surface area contributed by atoms with Gasteiger partial charge in [0.25, 0.3) is 5.91 Å². The van der Waals surface area contributed by atoms with Crippen LogP contribution in [-0.4, -0.2) is 18.0 Å². The molecule has 5 aromatic rings. The third kappa shape index (κ3) is 4.23. The number of carbonyl (C=O) groups excluding carboxylic acids is 1. The number of aromatic nitrogens is 1. The molecule has 0 fully saturated rings. The Bertz CT molecular complexity index is 1500. The Hall–Kier alpha value is -4.21. The number of methoxy groups -OCH3 is 1. The maximum atomic E-state index is 15.0. The van der Waals surface area contributed by atoms with Gasteiger partial charge in [-0.1, -0.05) is 78.9 Å². The monoisotopic (exact) mass is 478 g/mol. The maximum absolute atomic E-state index is 15.0. The third-order valence-electron chi connectivity index (χ3n) is 5.88. The number of benzene rings is 4. The number of nitrogens with zero attached hydrogens (tertiary/aromatic N) is 1. The van der Waals surface area contributed by atoms with Crippen LogP contribution in [-0.2, 0) is 4.57 Å². The van der Waals surface area contributed by atoms with Crippen molar-refractivity contribution < 1.29 is 14.1 Å². The summed E-state index contributed by atoms with van der Waals surface area (Å²) < 4.78 is 20.4. The van der Waals surface area contributed by atoms with Crippen molar-refractivity contribution in [3.05, 3.63) is 121 Å². The number of rotatable bonds is 6. The summed E-state index contributed by atoms with van der Waals surface area (Å²) in [5.74, 6) is 0.151. The van der Waals surface area contributed by atoms with E-state index < -0.39 is 7.14 Å². The first-order valence-corrected chi connectivity index (χ1v) is 12.9. The normalized spacial score (nSPS) is 11.2. The minimum Gasteiger partial charge on any atom is -0.481 e. The van der Waals surface area contributed by atoms with Crippen molar-refractivity contribution in [3.63, 3.8) is 0 Å². The highest BCUT2D eigenvalue weighted by Gasteiger charge is 2.32. The zero-order valence-electron chi connectivity index (χ0n) is 19.1. The fourth-order valence-corrected chi connectivity index (χ4v) is 7.00. The fourth-order valence-electron chi connectivity index (χ4n) is 4.16. The van der Waals surface area contributed by atoms with Crippen molar-refractivity contribution in [2.24, 2.45) is 0 Å². The molecular formula is C29H23N2O3P. The van der Waals surface area contributed by atoms with Gasteiger partial charge in [0.05, 0.1) is 18.3 Å². The SMILES string of the molecule is COc1ccc2c(P(=O)(c3ccccc3)c3ccccc3)ccc(NC(=O)c3ccccc3)c2n1. The van der Waals surface area contributed by atoms with E-state index in [-0.39, 0.29) is 5.91 Å². The maximum Gasteiger partial charge on any atom is 0.255 e. The zero-order chi connectivity index (χ0) is 24.3. The number of amides is 1. The zero-order valence-corrected chi connectivity index (χ0v) is 20.0. The second kappa shape index (κ2) is 9.57. The van der Waals surface area contributed by atoms with Crippen LogP contribution in [0.25, 0.3) is 10.9 Å². The molecule has 0 unspecified atom stereocenters. The van der Waals surface area contributed by atoms with Crippen LogP contribution in [0.1, 0.15) is 10.4 Å². The number of hydrogen-bond acceptors (Lipinski definition) is 4. The van der Waals surface area contributed by atoms with E-state index in [1.165, 1.54) is 0 Å². The first-order valence-electron chi connectivity index (χ1n) is 11.2. The van der Waals surface area contributed by atoms with Gasteiger partial charge in [-0.05, 0) is 30.3 Å². The van der Waals surface area contributed by atoms with Gasteiger partial charge >= 0.3 is 0 Å². The van der Waals surface area contributed by atoms with Crippen LogP contribution in [0.15, 0.2) is 115 Å². The van der Waals surface area contributed by atoms with E-state index in [4.69, 9.17) is 4.74 Å². The van der Waals surface area contributed by atoms with Crippen molar-refractivity contribution in [2.45, 2.75) is 0 Å². The quantitative estimate of drug-likeness (QED) is 0.344. The van der Waals surface area contributed by atoms with Gasteiger partial charge in [0.1, 0.15) is 0 Å². The fraction of sp³-hybridized carbons (Fsp3) is 0.0345. The molecule has 0 spiro atoms. The van der Waals surface area contributed by atoms with Crippen LogP contribution in [0.3, 0.4) is 0 Å². The lowest BCUT2D eigenvalue weighted by molar-refractivity contribution is 0.102. The van der Waals surface area contributed by atoms with Crippen LogP contribution in [0.2, 0.25) is 0 Å². The predicted octanol–water partition coefficient (Wildman–Crippen LogP) is 5.14. The topological polar surface area (TPSA) is 68.3 Å². The van der Waals surface area contributed by atoms with E-state index in [0.29, 0.717) is 33.3 Å². The van der Waals surface area contributed by atoms with Gasteiger partial charge in [-0.25, -0.2) is 4.98 Å². The van der Waals surface area contributed by atoms with Gasteiger partial charge in [-0.3, -0.25) is 4.79 Å². The van der Waals surface area contributed by atoms with Crippen molar-refractivity contribution in [1.29, 1.82) is 0 Å². The smallest absolute Gasteiger partial charge is 0.255 e. The van der Waals surface area contributed by atoms with E-state index >= 15 is 0 Å². The van der Waals surface area contributed by atoms with E-state index in [0.717, 1.165) is 10.6 Å². The van der Waals surface area contributed by atoms with Gasteiger partial charge in [0, 0.05) is 32.9 Å². The lowest BCUT2D eigenvalue weighted by Crippen LogP contribution is -2.26. The standard InChI is InChI=1S/C29H23N2O3P/c1-34-27-20-17-24-26(35(33,22-13-7-3-8-14-22)23-15-9-4-10-16-23)19-18-25(28(24)31-27)30-29(32)21-11-5-2-6-12-21/h2-20H,1H3,(H,30,32). The molecule has 0 aliphatic heterocycles. The van der Waals surface area contributed by atoms with Gasteiger partial charge in [-0.15, -0.1) is 0 Å². The predicted molar refractivity (Wildman–Crippen MR) is 142 cm³/mol. The number of fused-ring (bicyclic) bond motifs is 1. The Labute approximate surface area is 203 Å². The van der Waals surface area contributed by atoms with Gasteiger partial charge in [-0.2, -0.15) is 0 Å². The number of ether oxygens (including phenoxy) is 1. The Morgan fingerprint density at radius 1 is 0.743 bits per heavy atom. The van der Waals surface area contributed by atoms with Crippen LogP contribution < -0.4 is 26.0 Å². The molecule has 0 aliphatic carbocycles. The summed E-state index contributed by atoms with van der Waals surface area (Å²) >= 11 is 0. The molecule has 1 heterocycles. The Morgan fingerprint density at radius 2 is 1.31 bits per heavy atom. The van der Waals surface area contributed by atoms with Gasteiger partial charge in [0.15, 0.2) is 7.14 Å². The molecule has 5 rings (SSSR count). The van der Waals surface area contributed by atoms with Crippen molar-refractivity contribution in [2.75, 3.05) is 12.4 Å². The van der Waals surface area contributed by atoms with E-state index in [2.05, 4.69) is 10.3 Å². The molecule has 6 heteroatoms. The molecule has 4 aromatic carbocycles. The summed E-state index contributed by atoms with van der Waals surface area (Å²) in [6, 6.07) is 35.1. The number of carbonyl (C=O) groups is 1. The molecule has 172 valence electrons. The summed E-state index contributed by atoms with van der Waals surface area (Å²) in [7, 11) is -1.71. The largest absolute Gasteiger partial charge is 0.481 e. The molecule has 1 amide bonds. The van der Waals surface area contributed by atoms with Crippen molar-refractivity contribution in [1.82, 2.24) is 4.98 Å². The first kappa shape index (κ1) is 22.6. The second-order valence-corrected chi connectivity index (χ2v) is 10.7. The molecule has 0 radical (unpaired) electrons. The number of hydrogen-bond donors (Lipinski definition) is 1. The van der Waals surface area contributed by atoms with Crippen LogP contribution in [0.4, 0.5) is 5.69 Å². The highest BCUT2D eigenvalue weighted by molar-refractivity contribution is 7.85. The summed E-state index contributed by atoms with van der Waals surface area (Å²) in [4.78, 5) is 17.6. The van der Waals surface area contributed by atoms with E-state index in [1.54, 1.807) is 31.4 Å². The first-order chi connectivity index (χ1) is 17.1. The summed E-state index contributed by atoms with van der Waals surface area (Å²) in [5, 5.41) is 5.76. The van der Waals surface area contributed by atoms with Gasteiger partial charge in [0.2, 0.25) is 5.88 Å². The van der Waals surface area contributed by atoms with Crippen molar-refractivity contribution in [3.8, 4) is 5.88 Å². The Kier molecular flexibility index (Phi) is 6.17. The average Bonchev–Trinajstić information content (AvgIpc) is 2.94. The molecule has 0 saturated carbocycles. The molecule has 0 saturated heterocycles. The number of nitrogens with one attached hydrogen (secondary N) is 1. The molecule has 0 bridgehead atoms. The minimum absolute atomic E-state index is 0.251. The highest BCUT2D eigenvalue weighted by atomic mass is 31.2. The van der Waals surface area contributed by atoms with Crippen LogP contribution in [0, 0.1) is 0 Å². The summed E-state index contributed by atoms with van der Waals surface area (Å²) in [5.41, 5.74) is 1.56. The van der Waals surface area contributed by atoms with Gasteiger partial charge < -0.3 is 14.6 Å². The molecular weight excluding hydrogens is 455 g/mol. The molecule has 0 atom stereocenters. The molecule has 35 heavy (non-hydrogen) atoms. The van der Waals surface area contributed by atoms with Crippen LogP contribution in [0.5, 0.6) is 5.88 Å². The number of pyridine rings is 1. The summed E-state index contributed by atoms with van der Waals surface area (Å²) in [6.45, 7) is 0. The average molecular weight is 478 g/mol. The molecule has 0 aliphatic rings. The highest BCUT2D eigenvalue weighted by Crippen LogP contribution is 2.45. The van der Waals surface area contributed by atoms with E-state index in [1.807, 2.05) is 91.0 Å². The Balaban J connectivity index is 1.73. The minimum atomic E-state index is -3.25. The third-order valence-corrected chi connectivity index (χ3v) is 9.00. The summed E-state index contributed by atoms with van der Waals surface area (Å²) in [6.07, 6.45) is 0. The molecule has 1 aromatic heterocycles. The second-order valence-electron chi connectivity index (χ2n) is 7.98. The number of anilines is 1. The van der Waals surface area contributed by atoms with E-state index in [9.17, 15) is 9.36 Å². The Morgan fingerprint density at radius 3 is 1.89 bits per heavy atom.